The molecule has 0 heterocycles. The van der Waals surface area contributed by atoms with Gasteiger partial charge in [0.1, 0.15) is 11.4 Å². The molecule has 0 amide bonds. The average Bonchev–Trinajstić information content (AvgIpc) is 2.29. The molecule has 82 valence electrons. The van der Waals surface area contributed by atoms with Gasteiger partial charge in [0.2, 0.25) is 0 Å². The molecule has 0 aliphatic heterocycles. The van der Waals surface area contributed by atoms with Gasteiger partial charge in [-0.15, -0.1) is 0 Å². The summed E-state index contributed by atoms with van der Waals surface area (Å²) in [5.74, 6) is 0.789. The topological polar surface area (TPSA) is 35.5 Å². The molecule has 0 saturated carbocycles. The highest BCUT2D eigenvalue weighted by molar-refractivity contribution is 5.62. The number of hydrogen-bond acceptors (Lipinski definition) is 3. The molecule has 1 unspecified atom stereocenters. The Morgan fingerprint density at radius 3 is 2.67 bits per heavy atom. The Bertz CT molecular complexity index is 335. The molecule has 0 aliphatic rings. The van der Waals surface area contributed by atoms with Crippen molar-refractivity contribution >= 4 is 6.29 Å². The summed E-state index contributed by atoms with van der Waals surface area (Å²) in [6.45, 7) is 1.76. The molecule has 3 nitrogen and oxygen atoms in total. The van der Waals surface area contributed by atoms with E-state index in [0.29, 0.717) is 6.42 Å². The van der Waals surface area contributed by atoms with Crippen LogP contribution in [-0.4, -0.2) is 26.1 Å². The Labute approximate surface area is 90.0 Å². The standard InChI is InChI=1S/C12H16O3/c1-12(9-13,15-3)8-10-5-4-6-11(7-10)14-2/h4-7,9H,8H2,1-3H3. The fraction of sp³-hybridized carbons (Fsp3) is 0.417. The number of benzene rings is 1. The van der Waals surface area contributed by atoms with Gasteiger partial charge in [-0.2, -0.15) is 0 Å². The predicted octanol–water partition coefficient (Wildman–Crippen LogP) is 1.84. The molecule has 1 atom stereocenters. The van der Waals surface area contributed by atoms with Crippen LogP contribution in [0.25, 0.3) is 0 Å². The van der Waals surface area contributed by atoms with Gasteiger partial charge >= 0.3 is 0 Å². The van der Waals surface area contributed by atoms with Crippen LogP contribution in [0.5, 0.6) is 5.75 Å². The van der Waals surface area contributed by atoms with Crippen LogP contribution in [0.2, 0.25) is 0 Å². The number of hydrogen-bond donors (Lipinski definition) is 0. The van der Waals surface area contributed by atoms with Crippen LogP contribution in [0.3, 0.4) is 0 Å². The van der Waals surface area contributed by atoms with Crippen LogP contribution in [0.1, 0.15) is 12.5 Å². The van der Waals surface area contributed by atoms with E-state index in [-0.39, 0.29) is 0 Å². The zero-order valence-electron chi connectivity index (χ0n) is 9.32. The molecule has 0 aliphatic carbocycles. The second kappa shape index (κ2) is 4.94. The Balaban J connectivity index is 2.83. The fourth-order valence-electron chi connectivity index (χ4n) is 1.35. The Kier molecular flexibility index (Phi) is 3.86. The van der Waals surface area contributed by atoms with Crippen molar-refractivity contribution in [1.29, 1.82) is 0 Å². The third-order valence-electron chi connectivity index (χ3n) is 2.40. The third kappa shape index (κ3) is 3.06. The molecule has 0 saturated heterocycles. The third-order valence-corrected chi connectivity index (χ3v) is 2.40. The highest BCUT2D eigenvalue weighted by atomic mass is 16.5. The van der Waals surface area contributed by atoms with Gasteiger partial charge in [0.05, 0.1) is 7.11 Å². The monoisotopic (exact) mass is 208 g/mol. The van der Waals surface area contributed by atoms with Crippen LogP contribution < -0.4 is 4.74 Å². The number of carbonyl (C=O) groups excluding carboxylic acids is 1. The Hall–Kier alpha value is -1.35. The van der Waals surface area contributed by atoms with Gasteiger partial charge in [-0.1, -0.05) is 12.1 Å². The van der Waals surface area contributed by atoms with Crippen molar-refractivity contribution in [3.8, 4) is 5.75 Å². The number of aldehydes is 1. The quantitative estimate of drug-likeness (QED) is 0.693. The minimum absolute atomic E-state index is 0.546. The zero-order chi connectivity index (χ0) is 11.3. The van der Waals surface area contributed by atoms with Crippen LogP contribution in [0.4, 0.5) is 0 Å². The minimum atomic E-state index is -0.758. The van der Waals surface area contributed by atoms with E-state index in [1.54, 1.807) is 14.0 Å². The number of carbonyl (C=O) groups is 1. The van der Waals surface area contributed by atoms with Gasteiger partial charge in [0, 0.05) is 13.5 Å². The first kappa shape index (κ1) is 11.7. The Morgan fingerprint density at radius 2 is 2.13 bits per heavy atom. The first-order chi connectivity index (χ1) is 7.13. The normalized spacial score (nSPS) is 14.3. The van der Waals surface area contributed by atoms with E-state index in [1.165, 1.54) is 7.11 Å². The summed E-state index contributed by atoms with van der Waals surface area (Å²) in [4.78, 5) is 10.9. The molecule has 0 N–H and O–H groups in total. The summed E-state index contributed by atoms with van der Waals surface area (Å²) < 4.78 is 10.3. The van der Waals surface area contributed by atoms with Crippen LogP contribution in [0.15, 0.2) is 24.3 Å². The summed E-state index contributed by atoms with van der Waals surface area (Å²) in [6, 6.07) is 7.62. The summed E-state index contributed by atoms with van der Waals surface area (Å²) >= 11 is 0. The van der Waals surface area contributed by atoms with Crippen molar-refractivity contribution in [3.63, 3.8) is 0 Å². The van der Waals surface area contributed by atoms with Crippen molar-refractivity contribution in [2.24, 2.45) is 0 Å². The largest absolute Gasteiger partial charge is 0.497 e. The van der Waals surface area contributed by atoms with E-state index in [9.17, 15) is 4.79 Å². The van der Waals surface area contributed by atoms with Gasteiger partial charge in [0.15, 0.2) is 6.29 Å². The SMILES string of the molecule is COc1cccc(CC(C)(C=O)OC)c1. The van der Waals surface area contributed by atoms with Gasteiger partial charge < -0.3 is 14.3 Å². The van der Waals surface area contributed by atoms with Gasteiger partial charge in [-0.25, -0.2) is 0 Å². The van der Waals surface area contributed by atoms with Gasteiger partial charge in [-0.05, 0) is 24.6 Å². The van der Waals surface area contributed by atoms with Crippen LogP contribution in [0, 0.1) is 0 Å². The van der Waals surface area contributed by atoms with Crippen molar-refractivity contribution in [2.75, 3.05) is 14.2 Å². The summed E-state index contributed by atoms with van der Waals surface area (Å²) in [7, 11) is 3.16. The molecule has 1 aromatic carbocycles. The lowest BCUT2D eigenvalue weighted by Gasteiger charge is -2.21. The summed E-state index contributed by atoms with van der Waals surface area (Å²) in [5.41, 5.74) is 0.262. The maximum absolute atomic E-state index is 10.9. The molecule has 0 aromatic heterocycles. The second-order valence-electron chi connectivity index (χ2n) is 3.66. The zero-order valence-corrected chi connectivity index (χ0v) is 9.32. The van der Waals surface area contributed by atoms with E-state index in [4.69, 9.17) is 9.47 Å². The maximum Gasteiger partial charge on any atom is 0.151 e. The molecule has 0 bridgehead atoms. The molecular formula is C12H16O3. The second-order valence-corrected chi connectivity index (χ2v) is 3.66. The molecule has 0 spiro atoms. The lowest BCUT2D eigenvalue weighted by Crippen LogP contribution is -2.31. The highest BCUT2D eigenvalue weighted by Crippen LogP contribution is 2.18. The average molecular weight is 208 g/mol. The van der Waals surface area contributed by atoms with Crippen molar-refractivity contribution in [2.45, 2.75) is 18.9 Å². The smallest absolute Gasteiger partial charge is 0.151 e. The van der Waals surface area contributed by atoms with Gasteiger partial charge in [-0.3, -0.25) is 0 Å². The van der Waals surface area contributed by atoms with Crippen LogP contribution >= 0.6 is 0 Å². The molecule has 15 heavy (non-hydrogen) atoms. The van der Waals surface area contributed by atoms with Crippen molar-refractivity contribution < 1.29 is 14.3 Å². The van der Waals surface area contributed by atoms with Gasteiger partial charge in [0.25, 0.3) is 0 Å². The lowest BCUT2D eigenvalue weighted by atomic mass is 9.98. The lowest BCUT2D eigenvalue weighted by molar-refractivity contribution is -0.125. The predicted molar refractivity (Wildman–Crippen MR) is 58.2 cm³/mol. The molecular weight excluding hydrogens is 192 g/mol. The molecule has 3 heteroatoms. The van der Waals surface area contributed by atoms with Crippen molar-refractivity contribution in [3.05, 3.63) is 29.8 Å². The van der Waals surface area contributed by atoms with Crippen LogP contribution in [-0.2, 0) is 16.0 Å². The Morgan fingerprint density at radius 1 is 1.40 bits per heavy atom. The van der Waals surface area contributed by atoms with E-state index in [0.717, 1.165) is 17.6 Å². The number of methoxy groups -OCH3 is 2. The summed E-state index contributed by atoms with van der Waals surface area (Å²) in [5, 5.41) is 0. The van der Waals surface area contributed by atoms with Crippen molar-refractivity contribution in [1.82, 2.24) is 0 Å². The minimum Gasteiger partial charge on any atom is -0.497 e. The first-order valence-electron chi connectivity index (χ1n) is 4.78. The highest BCUT2D eigenvalue weighted by Gasteiger charge is 2.23. The molecule has 1 aromatic rings. The van der Waals surface area contributed by atoms with E-state index in [2.05, 4.69) is 0 Å². The number of ether oxygens (including phenoxy) is 2. The molecule has 0 radical (unpaired) electrons. The fourth-order valence-corrected chi connectivity index (χ4v) is 1.35. The first-order valence-corrected chi connectivity index (χ1v) is 4.78. The summed E-state index contributed by atoms with van der Waals surface area (Å²) in [6.07, 6.45) is 1.37. The van der Waals surface area contributed by atoms with E-state index >= 15 is 0 Å². The van der Waals surface area contributed by atoms with E-state index in [1.807, 2.05) is 24.3 Å². The molecule has 0 fully saturated rings. The molecule has 1 rings (SSSR count). The maximum atomic E-state index is 10.9. The van der Waals surface area contributed by atoms with E-state index < -0.39 is 5.60 Å². The number of rotatable bonds is 5.